The van der Waals surface area contributed by atoms with E-state index in [2.05, 4.69) is 15.3 Å². The molecule has 0 atom stereocenters. The van der Waals surface area contributed by atoms with Crippen LogP contribution in [0.15, 0.2) is 39.6 Å². The van der Waals surface area contributed by atoms with E-state index in [4.69, 9.17) is 0 Å². The number of thiophene rings is 1. The summed E-state index contributed by atoms with van der Waals surface area (Å²) in [6.45, 7) is -0.0426. The summed E-state index contributed by atoms with van der Waals surface area (Å²) in [5, 5.41) is 4.65. The number of nitrogens with one attached hydrogen (secondary N) is 2. The molecule has 0 fully saturated rings. The molecule has 5 nitrogen and oxygen atoms in total. The minimum atomic E-state index is -0.711. The molecule has 124 valence electrons. The van der Waals surface area contributed by atoms with E-state index in [1.165, 1.54) is 17.4 Å². The van der Waals surface area contributed by atoms with Gasteiger partial charge >= 0.3 is 0 Å². The lowest BCUT2D eigenvalue weighted by atomic mass is 10.2. The number of hydrogen-bond donors (Lipinski definition) is 2. The predicted molar refractivity (Wildman–Crippen MR) is 89.2 cm³/mol. The number of halogens is 2. The first kappa shape index (κ1) is 16.6. The number of nitrogens with zero attached hydrogens (tertiary/aromatic N) is 1. The maximum absolute atomic E-state index is 13.5. The van der Waals surface area contributed by atoms with Crippen molar-refractivity contribution >= 4 is 39.2 Å². The molecule has 3 rings (SSSR count). The Morgan fingerprint density at radius 1 is 1.33 bits per heavy atom. The van der Waals surface area contributed by atoms with Crippen molar-refractivity contribution in [2.75, 3.05) is 5.75 Å². The molecule has 2 N–H and O–H groups in total. The fourth-order valence-corrected chi connectivity index (χ4v) is 3.39. The highest BCUT2D eigenvalue weighted by Crippen LogP contribution is 2.18. The van der Waals surface area contributed by atoms with E-state index in [0.29, 0.717) is 15.4 Å². The summed E-state index contributed by atoms with van der Waals surface area (Å²) in [7, 11) is 0. The van der Waals surface area contributed by atoms with Gasteiger partial charge in [0.25, 0.3) is 5.56 Å². The van der Waals surface area contributed by atoms with Crippen molar-refractivity contribution in [1.82, 2.24) is 15.3 Å². The lowest BCUT2D eigenvalue weighted by molar-refractivity contribution is -0.118. The van der Waals surface area contributed by atoms with Crippen LogP contribution >= 0.6 is 23.1 Å². The number of carbonyl (C=O) groups is 1. The zero-order chi connectivity index (χ0) is 17.1. The molecule has 0 radical (unpaired) electrons. The van der Waals surface area contributed by atoms with Gasteiger partial charge in [0.05, 0.1) is 11.3 Å². The Kier molecular flexibility index (Phi) is 4.91. The minimum Gasteiger partial charge on any atom is -0.351 e. The molecule has 0 saturated heterocycles. The van der Waals surface area contributed by atoms with E-state index in [1.807, 2.05) is 0 Å². The van der Waals surface area contributed by atoms with Gasteiger partial charge in [0.1, 0.15) is 16.3 Å². The Bertz CT molecular complexity index is 955. The smallest absolute Gasteiger partial charge is 0.269 e. The number of aromatic nitrogens is 2. The predicted octanol–water partition coefficient (Wildman–Crippen LogP) is 2.67. The summed E-state index contributed by atoms with van der Waals surface area (Å²) in [5.74, 6) is -1.72. The number of thioether (sulfide) groups is 1. The van der Waals surface area contributed by atoms with Gasteiger partial charge in [-0.1, -0.05) is 17.8 Å². The molecule has 0 bridgehead atoms. The number of amides is 1. The quantitative estimate of drug-likeness (QED) is 0.537. The Hall–Kier alpha value is -2.26. The molecule has 24 heavy (non-hydrogen) atoms. The van der Waals surface area contributed by atoms with Crippen molar-refractivity contribution in [2.45, 2.75) is 11.7 Å². The first-order chi connectivity index (χ1) is 11.5. The van der Waals surface area contributed by atoms with Crippen molar-refractivity contribution in [3.05, 3.63) is 57.2 Å². The molecular weight excluding hydrogens is 356 g/mol. The van der Waals surface area contributed by atoms with Gasteiger partial charge in [0.15, 0.2) is 5.16 Å². The summed E-state index contributed by atoms with van der Waals surface area (Å²) >= 11 is 2.37. The van der Waals surface area contributed by atoms with Crippen LogP contribution in [0.3, 0.4) is 0 Å². The third kappa shape index (κ3) is 3.80. The second-order valence-corrected chi connectivity index (χ2v) is 6.69. The van der Waals surface area contributed by atoms with Gasteiger partial charge in [-0.3, -0.25) is 9.59 Å². The summed E-state index contributed by atoms with van der Waals surface area (Å²) in [4.78, 5) is 30.5. The van der Waals surface area contributed by atoms with Crippen LogP contribution < -0.4 is 10.9 Å². The lowest BCUT2D eigenvalue weighted by Gasteiger charge is -2.06. The molecule has 0 saturated carbocycles. The molecule has 1 aromatic carbocycles. The number of hydrogen-bond acceptors (Lipinski definition) is 5. The van der Waals surface area contributed by atoms with Crippen LogP contribution in [0.25, 0.3) is 10.2 Å². The van der Waals surface area contributed by atoms with Crippen molar-refractivity contribution in [2.24, 2.45) is 0 Å². The van der Waals surface area contributed by atoms with E-state index >= 15 is 0 Å². The maximum atomic E-state index is 13.5. The summed E-state index contributed by atoms with van der Waals surface area (Å²) in [6.07, 6.45) is 0. The normalized spacial score (nSPS) is 10.9. The van der Waals surface area contributed by atoms with Crippen molar-refractivity contribution in [1.29, 1.82) is 0 Å². The summed E-state index contributed by atoms with van der Waals surface area (Å²) < 4.78 is 26.8. The Balaban J connectivity index is 1.57. The Labute approximate surface area is 143 Å². The second kappa shape index (κ2) is 7.10. The molecule has 0 unspecified atom stereocenters. The molecule has 2 heterocycles. The zero-order valence-corrected chi connectivity index (χ0v) is 13.8. The van der Waals surface area contributed by atoms with Crippen molar-refractivity contribution in [3.8, 4) is 0 Å². The van der Waals surface area contributed by atoms with Crippen LogP contribution in [0, 0.1) is 11.6 Å². The SMILES string of the molecule is O=C(CSc1nc2ccsc2c(=O)[nH]1)NCc1ccc(F)cc1F. The Morgan fingerprint density at radius 3 is 2.96 bits per heavy atom. The van der Waals surface area contributed by atoms with Gasteiger partial charge in [-0.2, -0.15) is 0 Å². The monoisotopic (exact) mass is 367 g/mol. The highest BCUT2D eigenvalue weighted by molar-refractivity contribution is 7.99. The maximum Gasteiger partial charge on any atom is 0.269 e. The number of H-pyrrole nitrogens is 1. The number of aromatic amines is 1. The van der Waals surface area contributed by atoms with Crippen molar-refractivity contribution < 1.29 is 13.6 Å². The first-order valence-electron chi connectivity index (χ1n) is 6.84. The van der Waals surface area contributed by atoms with Crippen LogP contribution in [0.1, 0.15) is 5.56 Å². The molecule has 1 amide bonds. The van der Waals surface area contributed by atoms with Gasteiger partial charge in [0, 0.05) is 18.2 Å². The molecule has 0 aliphatic rings. The molecular formula is C15H11F2N3O2S2. The fraction of sp³-hybridized carbons (Fsp3) is 0.133. The number of carbonyl (C=O) groups excluding carboxylic acids is 1. The number of benzene rings is 1. The molecule has 0 aliphatic carbocycles. The molecule has 3 aromatic rings. The highest BCUT2D eigenvalue weighted by atomic mass is 32.2. The topological polar surface area (TPSA) is 74.8 Å². The number of rotatable bonds is 5. The minimum absolute atomic E-state index is 0.0153. The highest BCUT2D eigenvalue weighted by Gasteiger charge is 2.09. The molecule has 0 aliphatic heterocycles. The molecule has 2 aromatic heterocycles. The van der Waals surface area contributed by atoms with Gasteiger partial charge in [-0.15, -0.1) is 11.3 Å². The van der Waals surface area contributed by atoms with E-state index in [0.717, 1.165) is 23.9 Å². The molecule has 0 spiro atoms. The molecule has 9 heteroatoms. The van der Waals surface area contributed by atoms with E-state index < -0.39 is 11.6 Å². The van der Waals surface area contributed by atoms with Crippen molar-refractivity contribution in [3.63, 3.8) is 0 Å². The second-order valence-electron chi connectivity index (χ2n) is 4.81. The standard InChI is InChI=1S/C15H11F2N3O2S2/c16-9-2-1-8(10(17)5-9)6-18-12(21)7-24-15-19-11-3-4-23-13(11)14(22)20-15/h1-5H,6-7H2,(H,18,21)(H,19,20,22). The lowest BCUT2D eigenvalue weighted by Crippen LogP contribution is -2.25. The van der Waals surface area contributed by atoms with E-state index in [9.17, 15) is 18.4 Å². The van der Waals surface area contributed by atoms with Gasteiger partial charge in [-0.05, 0) is 17.5 Å². The van der Waals surface area contributed by atoms with Crippen LogP contribution in [0.2, 0.25) is 0 Å². The summed E-state index contributed by atoms with van der Waals surface area (Å²) in [6, 6.07) is 4.91. The van der Waals surface area contributed by atoms with Crippen LogP contribution in [0.4, 0.5) is 8.78 Å². The zero-order valence-electron chi connectivity index (χ0n) is 12.1. The fourth-order valence-electron chi connectivity index (χ4n) is 1.96. The average Bonchev–Trinajstić information content (AvgIpc) is 3.01. The summed E-state index contributed by atoms with van der Waals surface area (Å²) in [5.41, 5.74) is 0.535. The van der Waals surface area contributed by atoms with Crippen LogP contribution in [-0.4, -0.2) is 21.6 Å². The van der Waals surface area contributed by atoms with Gasteiger partial charge in [0.2, 0.25) is 5.91 Å². The number of fused-ring (bicyclic) bond motifs is 1. The largest absolute Gasteiger partial charge is 0.351 e. The third-order valence-electron chi connectivity index (χ3n) is 3.12. The Morgan fingerprint density at radius 2 is 2.17 bits per heavy atom. The third-order valence-corrected chi connectivity index (χ3v) is 4.90. The van der Waals surface area contributed by atoms with Gasteiger partial charge < -0.3 is 10.3 Å². The van der Waals surface area contributed by atoms with Crippen LogP contribution in [-0.2, 0) is 11.3 Å². The average molecular weight is 367 g/mol. The van der Waals surface area contributed by atoms with E-state index in [1.54, 1.807) is 11.4 Å². The van der Waals surface area contributed by atoms with Gasteiger partial charge in [-0.25, -0.2) is 13.8 Å². The van der Waals surface area contributed by atoms with E-state index in [-0.39, 0.29) is 29.3 Å². The first-order valence-corrected chi connectivity index (χ1v) is 8.70. The van der Waals surface area contributed by atoms with Crippen LogP contribution in [0.5, 0.6) is 0 Å².